The first-order chi connectivity index (χ1) is 8.15. The molecule has 5 heteroatoms. The van der Waals surface area contributed by atoms with Gasteiger partial charge in [0.25, 0.3) is 0 Å². The first kappa shape index (κ1) is 12.4. The van der Waals surface area contributed by atoms with E-state index in [4.69, 9.17) is 0 Å². The van der Waals surface area contributed by atoms with Crippen LogP contribution in [-0.4, -0.2) is 36.7 Å². The highest BCUT2D eigenvalue weighted by atomic mass is 16.5. The Labute approximate surface area is 101 Å². The number of ether oxygens (including phenoxy) is 1. The zero-order chi connectivity index (χ0) is 12.4. The van der Waals surface area contributed by atoms with Crippen LogP contribution in [0.5, 0.6) is 0 Å². The van der Waals surface area contributed by atoms with Gasteiger partial charge in [0.1, 0.15) is 0 Å². The lowest BCUT2D eigenvalue weighted by Crippen LogP contribution is -2.38. The predicted molar refractivity (Wildman–Crippen MR) is 60.0 cm³/mol. The molecule has 2 aliphatic rings. The second-order valence-corrected chi connectivity index (χ2v) is 4.92. The van der Waals surface area contributed by atoms with Crippen LogP contribution in [0.15, 0.2) is 0 Å². The molecule has 2 rings (SSSR count). The van der Waals surface area contributed by atoms with E-state index >= 15 is 0 Å². The molecule has 0 aromatic rings. The van der Waals surface area contributed by atoms with Crippen molar-refractivity contribution in [2.24, 2.45) is 17.8 Å². The first-order valence-electron chi connectivity index (χ1n) is 6.18. The maximum absolute atomic E-state index is 11.8. The van der Waals surface area contributed by atoms with E-state index in [-0.39, 0.29) is 18.4 Å². The minimum absolute atomic E-state index is 0.0233. The number of amides is 1. The lowest BCUT2D eigenvalue weighted by atomic mass is 10.0. The van der Waals surface area contributed by atoms with Gasteiger partial charge in [-0.15, -0.1) is 0 Å². The molecule has 3 unspecified atom stereocenters. The number of carbonyl (C=O) groups is 2. The van der Waals surface area contributed by atoms with Crippen molar-refractivity contribution in [3.05, 3.63) is 0 Å². The normalized spacial score (nSPS) is 32.2. The predicted octanol–water partition coefficient (Wildman–Crippen LogP) is 0.0727. The van der Waals surface area contributed by atoms with E-state index in [9.17, 15) is 14.7 Å². The second-order valence-electron chi connectivity index (χ2n) is 4.92. The number of fused-ring (bicyclic) bond motifs is 1. The number of nitrogens with one attached hydrogen (secondary N) is 1. The molecular weight excluding hydrogens is 222 g/mol. The fourth-order valence-electron chi connectivity index (χ4n) is 2.92. The van der Waals surface area contributed by atoms with Crippen LogP contribution in [0, 0.1) is 17.8 Å². The van der Waals surface area contributed by atoms with Gasteiger partial charge in [0.05, 0.1) is 13.7 Å². The largest absolute Gasteiger partial charge is 0.467 e. The molecule has 0 radical (unpaired) electrons. The van der Waals surface area contributed by atoms with Crippen molar-refractivity contribution in [3.63, 3.8) is 0 Å². The maximum atomic E-state index is 11.8. The first-order valence-corrected chi connectivity index (χ1v) is 6.18. The number of aliphatic hydroxyl groups excluding tert-OH is 1. The zero-order valence-corrected chi connectivity index (χ0v) is 10.0. The molecule has 2 N–H and O–H groups in total. The quantitative estimate of drug-likeness (QED) is 0.683. The van der Waals surface area contributed by atoms with Crippen molar-refractivity contribution in [1.82, 2.24) is 5.32 Å². The number of aliphatic hydroxyl groups is 1. The van der Waals surface area contributed by atoms with E-state index in [1.165, 1.54) is 20.0 Å². The van der Waals surface area contributed by atoms with Gasteiger partial charge in [0.2, 0.25) is 5.91 Å². The SMILES string of the molecule is COC(=O)C(O)CNC(=O)C1C2CCCCC21. The topological polar surface area (TPSA) is 75.6 Å². The summed E-state index contributed by atoms with van der Waals surface area (Å²) in [6, 6.07) is 0. The number of carbonyl (C=O) groups excluding carboxylic acids is 2. The van der Waals surface area contributed by atoms with Gasteiger partial charge in [-0.1, -0.05) is 12.8 Å². The van der Waals surface area contributed by atoms with Crippen LogP contribution < -0.4 is 5.32 Å². The summed E-state index contributed by atoms with van der Waals surface area (Å²) in [7, 11) is 1.21. The summed E-state index contributed by atoms with van der Waals surface area (Å²) in [6.07, 6.45) is 3.46. The molecule has 0 heterocycles. The van der Waals surface area contributed by atoms with Crippen molar-refractivity contribution in [2.45, 2.75) is 31.8 Å². The maximum Gasteiger partial charge on any atom is 0.336 e. The lowest BCUT2D eigenvalue weighted by Gasteiger charge is -2.09. The minimum Gasteiger partial charge on any atom is -0.467 e. The fourth-order valence-corrected chi connectivity index (χ4v) is 2.92. The van der Waals surface area contributed by atoms with Crippen molar-refractivity contribution in [1.29, 1.82) is 0 Å². The van der Waals surface area contributed by atoms with E-state index in [0.717, 1.165) is 12.8 Å². The Hall–Kier alpha value is -1.10. The smallest absolute Gasteiger partial charge is 0.336 e. The molecule has 96 valence electrons. The van der Waals surface area contributed by atoms with Gasteiger partial charge >= 0.3 is 5.97 Å². The van der Waals surface area contributed by atoms with Crippen molar-refractivity contribution < 1.29 is 19.4 Å². The second kappa shape index (κ2) is 5.04. The van der Waals surface area contributed by atoms with Gasteiger partial charge < -0.3 is 15.2 Å². The summed E-state index contributed by atoms with van der Waals surface area (Å²) in [5.41, 5.74) is 0. The molecule has 2 aliphatic carbocycles. The summed E-state index contributed by atoms with van der Waals surface area (Å²) in [5, 5.41) is 12.0. The molecule has 3 atom stereocenters. The highest BCUT2D eigenvalue weighted by Crippen LogP contribution is 2.55. The van der Waals surface area contributed by atoms with Gasteiger partial charge in [-0.2, -0.15) is 0 Å². The summed E-state index contributed by atoms with van der Waals surface area (Å²) in [5.74, 6) is 0.462. The Morgan fingerprint density at radius 3 is 2.47 bits per heavy atom. The molecular formula is C12H19NO4. The number of hydrogen-bond donors (Lipinski definition) is 2. The van der Waals surface area contributed by atoms with Crippen molar-refractivity contribution in [2.75, 3.05) is 13.7 Å². The summed E-state index contributed by atoms with van der Waals surface area (Å²) < 4.78 is 4.37. The lowest BCUT2D eigenvalue weighted by molar-refractivity contribution is -0.150. The summed E-state index contributed by atoms with van der Waals surface area (Å²) in [4.78, 5) is 22.8. The fraction of sp³-hybridized carbons (Fsp3) is 0.833. The van der Waals surface area contributed by atoms with E-state index in [1.54, 1.807) is 0 Å². The number of esters is 1. The molecule has 0 saturated heterocycles. The molecule has 2 fully saturated rings. The van der Waals surface area contributed by atoms with E-state index in [2.05, 4.69) is 10.1 Å². The van der Waals surface area contributed by atoms with Gasteiger partial charge in [-0.05, 0) is 24.7 Å². The highest BCUT2D eigenvalue weighted by molar-refractivity contribution is 5.83. The molecule has 0 aromatic carbocycles. The Balaban J connectivity index is 1.73. The number of rotatable bonds is 4. The molecule has 0 bridgehead atoms. The van der Waals surface area contributed by atoms with Crippen LogP contribution in [0.4, 0.5) is 0 Å². The number of hydrogen-bond acceptors (Lipinski definition) is 4. The minimum atomic E-state index is -1.26. The van der Waals surface area contributed by atoms with Gasteiger partial charge in [0, 0.05) is 5.92 Å². The van der Waals surface area contributed by atoms with Crippen LogP contribution in [-0.2, 0) is 14.3 Å². The van der Waals surface area contributed by atoms with Gasteiger partial charge in [0.15, 0.2) is 6.10 Å². The third-order valence-electron chi connectivity index (χ3n) is 3.90. The van der Waals surface area contributed by atoms with Crippen LogP contribution in [0.1, 0.15) is 25.7 Å². The zero-order valence-electron chi connectivity index (χ0n) is 10.0. The van der Waals surface area contributed by atoms with Crippen LogP contribution in [0.25, 0.3) is 0 Å². The Morgan fingerprint density at radius 1 is 1.35 bits per heavy atom. The van der Waals surface area contributed by atoms with Gasteiger partial charge in [-0.25, -0.2) is 4.79 Å². The molecule has 1 amide bonds. The standard InChI is InChI=1S/C12H19NO4/c1-17-12(16)9(14)6-13-11(15)10-7-4-2-3-5-8(7)10/h7-10,14H,2-6H2,1H3,(H,13,15). The third kappa shape index (κ3) is 2.60. The molecule has 17 heavy (non-hydrogen) atoms. The molecule has 0 spiro atoms. The monoisotopic (exact) mass is 241 g/mol. The van der Waals surface area contributed by atoms with Crippen molar-refractivity contribution in [3.8, 4) is 0 Å². The molecule has 5 nitrogen and oxygen atoms in total. The molecule has 0 aromatic heterocycles. The van der Waals surface area contributed by atoms with E-state index < -0.39 is 12.1 Å². The average molecular weight is 241 g/mol. The van der Waals surface area contributed by atoms with Crippen LogP contribution >= 0.6 is 0 Å². The Bertz CT molecular complexity index is 306. The Kier molecular flexibility index (Phi) is 3.66. The summed E-state index contributed by atoms with van der Waals surface area (Å²) in [6.45, 7) is -0.0541. The van der Waals surface area contributed by atoms with E-state index in [1.807, 2.05) is 0 Å². The van der Waals surface area contributed by atoms with Crippen molar-refractivity contribution >= 4 is 11.9 Å². The average Bonchev–Trinajstić information content (AvgIpc) is 3.08. The Morgan fingerprint density at radius 2 is 1.94 bits per heavy atom. The third-order valence-corrected chi connectivity index (χ3v) is 3.90. The molecule has 2 saturated carbocycles. The highest BCUT2D eigenvalue weighted by Gasteiger charge is 2.54. The van der Waals surface area contributed by atoms with Crippen LogP contribution in [0.2, 0.25) is 0 Å². The molecule has 0 aliphatic heterocycles. The van der Waals surface area contributed by atoms with Crippen LogP contribution in [0.3, 0.4) is 0 Å². The van der Waals surface area contributed by atoms with E-state index in [0.29, 0.717) is 11.8 Å². The summed E-state index contributed by atoms with van der Waals surface area (Å²) >= 11 is 0. The number of methoxy groups -OCH3 is 1. The van der Waals surface area contributed by atoms with Gasteiger partial charge in [-0.3, -0.25) is 4.79 Å².